The fraction of sp³-hybridized carbons (Fsp3) is 0.250. The van der Waals surface area contributed by atoms with Gasteiger partial charge in [-0.25, -0.2) is 4.79 Å². The first-order valence-electron chi connectivity index (χ1n) is 7.61. The van der Waals surface area contributed by atoms with Crippen molar-refractivity contribution in [1.82, 2.24) is 24.5 Å². The van der Waals surface area contributed by atoms with Gasteiger partial charge < -0.3 is 9.88 Å². The Kier molecular flexibility index (Phi) is 4.28. The van der Waals surface area contributed by atoms with Crippen LogP contribution in [0.1, 0.15) is 19.9 Å². The van der Waals surface area contributed by atoms with E-state index in [2.05, 4.69) is 39.8 Å². The Morgan fingerprint density at radius 2 is 1.96 bits per heavy atom. The quantitative estimate of drug-likeness (QED) is 0.772. The van der Waals surface area contributed by atoms with E-state index < -0.39 is 0 Å². The second kappa shape index (κ2) is 6.53. The number of anilines is 2. The predicted molar refractivity (Wildman–Crippen MR) is 91.7 cm³/mol. The fourth-order valence-corrected chi connectivity index (χ4v) is 2.35. The second-order valence-corrected chi connectivity index (χ2v) is 5.65. The molecule has 0 fully saturated rings. The van der Waals surface area contributed by atoms with Crippen LogP contribution in [0.4, 0.5) is 16.3 Å². The van der Waals surface area contributed by atoms with Crippen molar-refractivity contribution in [1.29, 1.82) is 0 Å². The SMILES string of the molecule is CC(C)n1cnnc1-c1ccccc1NC(=O)Nc1ccn(C)n1. The molecule has 3 rings (SSSR count). The molecule has 0 bridgehead atoms. The first kappa shape index (κ1) is 15.7. The number of carbonyl (C=O) groups is 1. The molecule has 0 aliphatic heterocycles. The van der Waals surface area contributed by atoms with Crippen LogP contribution in [0.3, 0.4) is 0 Å². The van der Waals surface area contributed by atoms with Crippen molar-refractivity contribution < 1.29 is 4.79 Å². The van der Waals surface area contributed by atoms with Gasteiger partial charge in [0.05, 0.1) is 5.69 Å². The van der Waals surface area contributed by atoms with E-state index in [9.17, 15) is 4.79 Å². The zero-order valence-electron chi connectivity index (χ0n) is 13.8. The van der Waals surface area contributed by atoms with Crippen molar-refractivity contribution in [3.63, 3.8) is 0 Å². The average molecular weight is 325 g/mol. The number of nitrogens with one attached hydrogen (secondary N) is 2. The van der Waals surface area contributed by atoms with E-state index >= 15 is 0 Å². The summed E-state index contributed by atoms with van der Waals surface area (Å²) in [5.74, 6) is 1.19. The Balaban J connectivity index is 1.84. The van der Waals surface area contributed by atoms with Crippen LogP contribution < -0.4 is 10.6 Å². The molecule has 2 heterocycles. The number of rotatable bonds is 4. The molecule has 0 aliphatic rings. The zero-order chi connectivity index (χ0) is 17.1. The minimum Gasteiger partial charge on any atom is -0.311 e. The van der Waals surface area contributed by atoms with Gasteiger partial charge in [-0.1, -0.05) is 12.1 Å². The first-order valence-corrected chi connectivity index (χ1v) is 7.61. The normalized spacial score (nSPS) is 10.8. The third kappa shape index (κ3) is 3.27. The summed E-state index contributed by atoms with van der Waals surface area (Å²) in [6.45, 7) is 4.10. The molecule has 0 saturated heterocycles. The van der Waals surface area contributed by atoms with Crippen molar-refractivity contribution in [2.24, 2.45) is 7.05 Å². The highest BCUT2D eigenvalue weighted by atomic mass is 16.2. The average Bonchev–Trinajstić information content (AvgIpc) is 3.17. The molecule has 0 radical (unpaired) electrons. The van der Waals surface area contributed by atoms with Gasteiger partial charge in [0.15, 0.2) is 11.6 Å². The van der Waals surface area contributed by atoms with Gasteiger partial charge in [0.25, 0.3) is 0 Å². The molecular formula is C16H19N7O. The van der Waals surface area contributed by atoms with Crippen LogP contribution >= 0.6 is 0 Å². The Labute approximate surface area is 139 Å². The monoisotopic (exact) mass is 325 g/mol. The summed E-state index contributed by atoms with van der Waals surface area (Å²) in [5, 5.41) is 17.8. The molecule has 0 aliphatic carbocycles. The van der Waals surface area contributed by atoms with Gasteiger partial charge in [-0.3, -0.25) is 10.00 Å². The summed E-state index contributed by atoms with van der Waals surface area (Å²) < 4.78 is 3.58. The highest BCUT2D eigenvalue weighted by molar-refractivity contribution is 6.01. The van der Waals surface area contributed by atoms with Gasteiger partial charge in [0, 0.05) is 30.9 Å². The maximum atomic E-state index is 12.2. The lowest BCUT2D eigenvalue weighted by molar-refractivity contribution is 0.262. The Morgan fingerprint density at radius 3 is 2.67 bits per heavy atom. The van der Waals surface area contributed by atoms with Crippen molar-refractivity contribution in [2.75, 3.05) is 10.6 Å². The second-order valence-electron chi connectivity index (χ2n) is 5.65. The van der Waals surface area contributed by atoms with Crippen molar-refractivity contribution in [2.45, 2.75) is 19.9 Å². The van der Waals surface area contributed by atoms with E-state index in [1.807, 2.05) is 28.8 Å². The van der Waals surface area contributed by atoms with Crippen LogP contribution in [0.5, 0.6) is 0 Å². The van der Waals surface area contributed by atoms with Gasteiger partial charge in [-0.15, -0.1) is 10.2 Å². The van der Waals surface area contributed by atoms with E-state index in [0.717, 1.165) is 5.56 Å². The van der Waals surface area contributed by atoms with Crippen molar-refractivity contribution >= 4 is 17.5 Å². The molecule has 0 spiro atoms. The molecule has 3 aromatic rings. The number of urea groups is 1. The van der Waals surface area contributed by atoms with Crippen LogP contribution in [0.15, 0.2) is 42.9 Å². The lowest BCUT2D eigenvalue weighted by atomic mass is 10.1. The third-order valence-electron chi connectivity index (χ3n) is 3.50. The van der Waals surface area contributed by atoms with Crippen LogP contribution in [-0.2, 0) is 7.05 Å². The van der Waals surface area contributed by atoms with Crippen LogP contribution in [0, 0.1) is 0 Å². The molecule has 124 valence electrons. The van der Waals surface area contributed by atoms with Gasteiger partial charge in [-0.2, -0.15) is 5.10 Å². The number of aryl methyl sites for hydroxylation is 1. The number of hydrogen-bond donors (Lipinski definition) is 2. The molecule has 0 saturated carbocycles. The minimum atomic E-state index is -0.364. The highest BCUT2D eigenvalue weighted by Crippen LogP contribution is 2.27. The van der Waals surface area contributed by atoms with Crippen LogP contribution in [0.2, 0.25) is 0 Å². The minimum absolute atomic E-state index is 0.213. The Bertz CT molecular complexity index is 849. The van der Waals surface area contributed by atoms with Gasteiger partial charge >= 0.3 is 6.03 Å². The summed E-state index contributed by atoms with van der Waals surface area (Å²) in [6, 6.07) is 9.06. The number of para-hydroxylation sites is 1. The van der Waals surface area contributed by atoms with Crippen LogP contribution in [-0.4, -0.2) is 30.6 Å². The molecule has 0 unspecified atom stereocenters. The smallest absolute Gasteiger partial charge is 0.311 e. The van der Waals surface area contributed by atoms with E-state index in [-0.39, 0.29) is 12.1 Å². The van der Waals surface area contributed by atoms with Gasteiger partial charge in [-0.05, 0) is 26.0 Å². The number of hydrogen-bond acceptors (Lipinski definition) is 4. The molecule has 2 N–H and O–H groups in total. The Morgan fingerprint density at radius 1 is 1.17 bits per heavy atom. The standard InChI is InChI=1S/C16H19N7O/c1-11(2)23-10-17-20-15(23)12-6-4-5-7-13(12)18-16(24)19-14-8-9-22(3)21-14/h4-11H,1-3H3,(H2,18,19,21,24). The third-order valence-corrected chi connectivity index (χ3v) is 3.50. The van der Waals surface area contributed by atoms with E-state index in [4.69, 9.17) is 0 Å². The van der Waals surface area contributed by atoms with E-state index in [0.29, 0.717) is 17.3 Å². The predicted octanol–water partition coefficient (Wildman–Crippen LogP) is 2.90. The Hall–Kier alpha value is -3.16. The molecule has 24 heavy (non-hydrogen) atoms. The number of benzene rings is 1. The summed E-state index contributed by atoms with van der Waals surface area (Å²) in [6.07, 6.45) is 3.44. The maximum absolute atomic E-state index is 12.2. The molecule has 2 amide bonds. The van der Waals surface area contributed by atoms with Crippen LogP contribution in [0.25, 0.3) is 11.4 Å². The zero-order valence-corrected chi connectivity index (χ0v) is 13.8. The van der Waals surface area contributed by atoms with Gasteiger partial charge in [0.1, 0.15) is 6.33 Å². The fourth-order valence-electron chi connectivity index (χ4n) is 2.35. The van der Waals surface area contributed by atoms with Crippen molar-refractivity contribution in [3.05, 3.63) is 42.9 Å². The summed E-state index contributed by atoms with van der Waals surface area (Å²) in [5.41, 5.74) is 1.46. The maximum Gasteiger partial charge on any atom is 0.324 e. The van der Waals surface area contributed by atoms with E-state index in [1.54, 1.807) is 30.3 Å². The number of aromatic nitrogens is 5. The summed E-state index contributed by atoms with van der Waals surface area (Å²) in [4.78, 5) is 12.2. The highest BCUT2D eigenvalue weighted by Gasteiger charge is 2.15. The summed E-state index contributed by atoms with van der Waals surface area (Å²) >= 11 is 0. The molecule has 2 aromatic heterocycles. The number of carbonyl (C=O) groups excluding carboxylic acids is 1. The summed E-state index contributed by atoms with van der Waals surface area (Å²) in [7, 11) is 1.79. The molecule has 1 aromatic carbocycles. The topological polar surface area (TPSA) is 89.7 Å². The molecule has 8 heteroatoms. The van der Waals surface area contributed by atoms with E-state index in [1.165, 1.54) is 0 Å². The molecular weight excluding hydrogens is 306 g/mol. The van der Waals surface area contributed by atoms with Crippen molar-refractivity contribution in [3.8, 4) is 11.4 Å². The number of amides is 2. The lowest BCUT2D eigenvalue weighted by Crippen LogP contribution is -2.20. The molecule has 0 atom stereocenters. The largest absolute Gasteiger partial charge is 0.324 e. The first-order chi connectivity index (χ1) is 11.5. The van der Waals surface area contributed by atoms with Gasteiger partial charge in [0.2, 0.25) is 0 Å². The molecule has 8 nitrogen and oxygen atoms in total. The number of nitrogens with zero attached hydrogens (tertiary/aromatic N) is 5. The lowest BCUT2D eigenvalue weighted by Gasteiger charge is -2.14.